The average Bonchev–Trinajstić information content (AvgIpc) is 2.79. The van der Waals surface area contributed by atoms with Gasteiger partial charge in [0, 0.05) is 32.8 Å². The number of rotatable bonds is 6. The summed E-state index contributed by atoms with van der Waals surface area (Å²) in [5.41, 5.74) is 6.82. The first kappa shape index (κ1) is 15.0. The molecular formula is C12H21N5O2. The van der Waals surface area contributed by atoms with Crippen LogP contribution in [0.25, 0.3) is 0 Å². The van der Waals surface area contributed by atoms with Crippen LogP contribution in [0.4, 0.5) is 0 Å². The van der Waals surface area contributed by atoms with Gasteiger partial charge in [-0.3, -0.25) is 9.48 Å². The summed E-state index contributed by atoms with van der Waals surface area (Å²) in [4.78, 5) is 14.1. The van der Waals surface area contributed by atoms with E-state index in [0.717, 1.165) is 5.69 Å². The van der Waals surface area contributed by atoms with E-state index < -0.39 is 0 Å². The molecule has 1 aromatic heterocycles. The van der Waals surface area contributed by atoms with Crippen LogP contribution in [0.1, 0.15) is 36.3 Å². The Morgan fingerprint density at radius 3 is 2.79 bits per heavy atom. The first-order valence-electron chi connectivity index (χ1n) is 6.31. The lowest BCUT2D eigenvalue weighted by Crippen LogP contribution is -2.34. The summed E-state index contributed by atoms with van der Waals surface area (Å²) >= 11 is 0. The van der Waals surface area contributed by atoms with E-state index in [4.69, 9.17) is 10.9 Å². The Balaban J connectivity index is 2.83. The van der Waals surface area contributed by atoms with Crippen LogP contribution in [0.3, 0.4) is 0 Å². The minimum atomic E-state index is -0.0711. The number of oxime groups is 1. The second kappa shape index (κ2) is 6.77. The SMILES string of the molecule is CCc1nn(C)cc1C(=O)N(CC)CCC(N)=NO. The fraction of sp³-hybridized carbons (Fsp3) is 0.583. The zero-order valence-corrected chi connectivity index (χ0v) is 11.6. The van der Waals surface area contributed by atoms with Gasteiger partial charge in [-0.25, -0.2) is 0 Å². The van der Waals surface area contributed by atoms with Crippen LogP contribution in [0.2, 0.25) is 0 Å². The van der Waals surface area contributed by atoms with Crippen LogP contribution in [-0.4, -0.2) is 44.7 Å². The second-order valence-corrected chi connectivity index (χ2v) is 4.24. The number of aryl methyl sites for hydroxylation is 2. The van der Waals surface area contributed by atoms with Crippen molar-refractivity contribution < 1.29 is 10.0 Å². The molecule has 1 rings (SSSR count). The molecule has 7 heteroatoms. The Kier molecular flexibility index (Phi) is 5.35. The Hall–Kier alpha value is -2.05. The minimum Gasteiger partial charge on any atom is -0.409 e. The van der Waals surface area contributed by atoms with E-state index in [1.807, 2.05) is 13.8 Å². The summed E-state index contributed by atoms with van der Waals surface area (Å²) in [7, 11) is 1.79. The Morgan fingerprint density at radius 1 is 1.58 bits per heavy atom. The molecule has 1 heterocycles. The lowest BCUT2D eigenvalue weighted by Gasteiger charge is -2.20. The molecule has 0 saturated carbocycles. The van der Waals surface area contributed by atoms with Crippen LogP contribution in [0.15, 0.2) is 11.4 Å². The molecule has 0 fully saturated rings. The molecule has 1 amide bonds. The zero-order valence-electron chi connectivity index (χ0n) is 11.6. The highest BCUT2D eigenvalue weighted by molar-refractivity contribution is 5.95. The standard InChI is InChI=1S/C12H21N5O2/c1-4-10-9(8-16(3)14-10)12(18)17(5-2)7-6-11(13)15-19/h8,19H,4-7H2,1-3H3,(H2,13,15). The molecule has 0 aliphatic rings. The Labute approximate surface area is 112 Å². The molecule has 0 aliphatic carbocycles. The van der Waals surface area contributed by atoms with E-state index in [1.165, 1.54) is 0 Å². The molecule has 0 radical (unpaired) electrons. The summed E-state index contributed by atoms with van der Waals surface area (Å²) in [5.74, 6) is 0.0475. The van der Waals surface area contributed by atoms with Gasteiger partial charge in [0.15, 0.2) is 0 Å². The highest BCUT2D eigenvalue weighted by Crippen LogP contribution is 2.11. The maximum absolute atomic E-state index is 12.4. The van der Waals surface area contributed by atoms with E-state index in [9.17, 15) is 4.79 Å². The Morgan fingerprint density at radius 2 is 2.26 bits per heavy atom. The van der Waals surface area contributed by atoms with Gasteiger partial charge in [0.05, 0.1) is 11.3 Å². The number of nitrogens with zero attached hydrogens (tertiary/aromatic N) is 4. The van der Waals surface area contributed by atoms with Crippen LogP contribution in [0, 0.1) is 0 Å². The molecule has 3 N–H and O–H groups in total. The van der Waals surface area contributed by atoms with Crippen molar-refractivity contribution >= 4 is 11.7 Å². The molecule has 0 bridgehead atoms. The molecule has 0 aromatic carbocycles. The van der Waals surface area contributed by atoms with E-state index in [0.29, 0.717) is 31.5 Å². The minimum absolute atomic E-state index is 0.0711. The number of nitrogens with two attached hydrogens (primary N) is 1. The third kappa shape index (κ3) is 3.70. The zero-order chi connectivity index (χ0) is 14.4. The van der Waals surface area contributed by atoms with Crippen LogP contribution in [-0.2, 0) is 13.5 Å². The molecule has 106 valence electrons. The van der Waals surface area contributed by atoms with Crippen molar-refractivity contribution in [3.63, 3.8) is 0 Å². The van der Waals surface area contributed by atoms with Gasteiger partial charge >= 0.3 is 0 Å². The molecule has 19 heavy (non-hydrogen) atoms. The maximum atomic E-state index is 12.4. The second-order valence-electron chi connectivity index (χ2n) is 4.24. The topological polar surface area (TPSA) is 96.7 Å². The number of amidine groups is 1. The molecule has 0 spiro atoms. The van der Waals surface area contributed by atoms with Crippen molar-refractivity contribution in [1.29, 1.82) is 0 Å². The van der Waals surface area contributed by atoms with Crippen LogP contribution < -0.4 is 5.73 Å². The van der Waals surface area contributed by atoms with E-state index >= 15 is 0 Å². The smallest absolute Gasteiger partial charge is 0.257 e. The molecule has 7 nitrogen and oxygen atoms in total. The molecule has 1 aromatic rings. The predicted octanol–water partition coefficient (Wildman–Crippen LogP) is 0.581. The Bertz CT molecular complexity index is 467. The van der Waals surface area contributed by atoms with E-state index in [2.05, 4.69) is 10.3 Å². The normalized spacial score (nSPS) is 11.6. The van der Waals surface area contributed by atoms with Gasteiger partial charge in [0.1, 0.15) is 5.84 Å². The third-order valence-corrected chi connectivity index (χ3v) is 2.91. The van der Waals surface area contributed by atoms with Crippen molar-refractivity contribution in [2.45, 2.75) is 26.7 Å². The first-order valence-corrected chi connectivity index (χ1v) is 6.31. The number of carbonyl (C=O) groups is 1. The third-order valence-electron chi connectivity index (χ3n) is 2.91. The summed E-state index contributed by atoms with van der Waals surface area (Å²) in [5, 5.41) is 15.7. The molecule has 0 aliphatic heterocycles. The van der Waals surface area contributed by atoms with Crippen molar-refractivity contribution in [3.8, 4) is 0 Å². The van der Waals surface area contributed by atoms with E-state index in [1.54, 1.807) is 22.8 Å². The van der Waals surface area contributed by atoms with Gasteiger partial charge in [0.2, 0.25) is 0 Å². The summed E-state index contributed by atoms with van der Waals surface area (Å²) in [6.07, 6.45) is 2.78. The van der Waals surface area contributed by atoms with Gasteiger partial charge in [-0.2, -0.15) is 5.10 Å². The van der Waals surface area contributed by atoms with Gasteiger partial charge in [-0.15, -0.1) is 0 Å². The molecule has 0 unspecified atom stereocenters. The number of aromatic nitrogens is 2. The summed E-state index contributed by atoms with van der Waals surface area (Å²) in [6, 6.07) is 0. The van der Waals surface area contributed by atoms with Crippen LogP contribution in [0.5, 0.6) is 0 Å². The van der Waals surface area contributed by atoms with Crippen molar-refractivity contribution in [2.75, 3.05) is 13.1 Å². The monoisotopic (exact) mass is 267 g/mol. The highest BCUT2D eigenvalue weighted by atomic mass is 16.4. The first-order chi connectivity index (χ1) is 9.03. The highest BCUT2D eigenvalue weighted by Gasteiger charge is 2.19. The molecular weight excluding hydrogens is 246 g/mol. The summed E-state index contributed by atoms with van der Waals surface area (Å²) in [6.45, 7) is 4.84. The van der Waals surface area contributed by atoms with Gasteiger partial charge in [0.25, 0.3) is 5.91 Å². The predicted molar refractivity (Wildman–Crippen MR) is 72.2 cm³/mol. The lowest BCUT2D eigenvalue weighted by molar-refractivity contribution is 0.0767. The van der Waals surface area contributed by atoms with Crippen molar-refractivity contribution in [2.24, 2.45) is 17.9 Å². The van der Waals surface area contributed by atoms with E-state index in [-0.39, 0.29) is 11.7 Å². The number of carbonyl (C=O) groups excluding carboxylic acids is 1. The van der Waals surface area contributed by atoms with Gasteiger partial charge in [-0.05, 0) is 13.3 Å². The van der Waals surface area contributed by atoms with Crippen molar-refractivity contribution in [1.82, 2.24) is 14.7 Å². The molecule has 0 atom stereocenters. The van der Waals surface area contributed by atoms with Gasteiger partial charge in [-0.1, -0.05) is 12.1 Å². The van der Waals surface area contributed by atoms with Crippen molar-refractivity contribution in [3.05, 3.63) is 17.5 Å². The van der Waals surface area contributed by atoms with Crippen LogP contribution >= 0.6 is 0 Å². The average molecular weight is 267 g/mol. The maximum Gasteiger partial charge on any atom is 0.257 e. The number of hydrogen-bond donors (Lipinski definition) is 2. The quantitative estimate of drug-likeness (QED) is 0.341. The number of amides is 1. The molecule has 0 saturated heterocycles. The number of hydrogen-bond acceptors (Lipinski definition) is 4. The largest absolute Gasteiger partial charge is 0.409 e. The fourth-order valence-corrected chi connectivity index (χ4v) is 1.85. The fourth-order valence-electron chi connectivity index (χ4n) is 1.85. The lowest BCUT2D eigenvalue weighted by atomic mass is 10.2. The van der Waals surface area contributed by atoms with Gasteiger partial charge < -0.3 is 15.8 Å². The summed E-state index contributed by atoms with van der Waals surface area (Å²) < 4.78 is 1.64.